The summed E-state index contributed by atoms with van der Waals surface area (Å²) in [5.74, 6) is 2.27. The Labute approximate surface area is 145 Å². The zero-order chi connectivity index (χ0) is 14.8. The van der Waals surface area contributed by atoms with E-state index in [-0.39, 0.29) is 6.61 Å². The molecule has 0 aromatic heterocycles. The van der Waals surface area contributed by atoms with E-state index in [1.165, 1.54) is 10.5 Å². The van der Waals surface area contributed by atoms with Gasteiger partial charge in [-0.3, -0.25) is 0 Å². The third-order valence-electron chi connectivity index (χ3n) is 3.47. The molecule has 5 heteroatoms. The number of aliphatic hydroxyl groups is 1. The van der Waals surface area contributed by atoms with Gasteiger partial charge in [0.2, 0.25) is 0 Å². The second kappa shape index (κ2) is 6.73. The van der Waals surface area contributed by atoms with Crippen LogP contribution in [0.2, 0.25) is 0 Å². The SMILES string of the molecule is OCc1cc(Br)c(OCC2CSc3ccccc32)c(Br)c1. The van der Waals surface area contributed by atoms with Crippen LogP contribution in [0.5, 0.6) is 5.75 Å². The van der Waals surface area contributed by atoms with Crippen molar-refractivity contribution in [2.45, 2.75) is 17.4 Å². The highest BCUT2D eigenvalue weighted by Crippen LogP contribution is 2.41. The maximum absolute atomic E-state index is 9.20. The second-order valence-electron chi connectivity index (χ2n) is 4.90. The van der Waals surface area contributed by atoms with E-state index < -0.39 is 0 Å². The van der Waals surface area contributed by atoms with Gasteiger partial charge in [0, 0.05) is 16.6 Å². The van der Waals surface area contributed by atoms with E-state index in [1.807, 2.05) is 23.9 Å². The second-order valence-corrected chi connectivity index (χ2v) is 7.67. The number of rotatable bonds is 4. The lowest BCUT2D eigenvalue weighted by Crippen LogP contribution is -2.10. The molecule has 1 aliphatic rings. The van der Waals surface area contributed by atoms with Crippen LogP contribution in [0, 0.1) is 0 Å². The van der Waals surface area contributed by atoms with Gasteiger partial charge in [-0.1, -0.05) is 18.2 Å². The Morgan fingerprint density at radius 3 is 2.62 bits per heavy atom. The summed E-state index contributed by atoms with van der Waals surface area (Å²) >= 11 is 8.91. The molecule has 0 saturated carbocycles. The first-order valence-corrected chi connectivity index (χ1v) is 9.19. The standard InChI is InChI=1S/C16H14Br2O2S/c17-13-5-10(7-19)6-14(18)16(13)20-8-11-9-21-15-4-2-1-3-12(11)15/h1-6,11,19H,7-9H2. The predicted octanol–water partition coefficient (Wildman–Crippen LogP) is 4.97. The van der Waals surface area contributed by atoms with Crippen LogP contribution in [0.3, 0.4) is 0 Å². The number of benzene rings is 2. The highest BCUT2D eigenvalue weighted by molar-refractivity contribution is 9.11. The lowest BCUT2D eigenvalue weighted by atomic mass is 10.0. The highest BCUT2D eigenvalue weighted by atomic mass is 79.9. The average Bonchev–Trinajstić information content (AvgIpc) is 2.89. The minimum absolute atomic E-state index is 0.0180. The fourth-order valence-electron chi connectivity index (χ4n) is 2.39. The van der Waals surface area contributed by atoms with Crippen molar-refractivity contribution in [1.29, 1.82) is 0 Å². The molecule has 0 amide bonds. The Morgan fingerprint density at radius 1 is 1.19 bits per heavy atom. The molecule has 0 fully saturated rings. The van der Waals surface area contributed by atoms with Crippen LogP contribution in [-0.4, -0.2) is 17.5 Å². The van der Waals surface area contributed by atoms with Gasteiger partial charge in [-0.2, -0.15) is 0 Å². The van der Waals surface area contributed by atoms with Gasteiger partial charge in [0.15, 0.2) is 0 Å². The first-order chi connectivity index (χ1) is 10.2. The topological polar surface area (TPSA) is 29.5 Å². The summed E-state index contributed by atoms with van der Waals surface area (Å²) in [5, 5.41) is 9.20. The zero-order valence-corrected chi connectivity index (χ0v) is 15.2. The van der Waals surface area contributed by atoms with Crippen LogP contribution in [0.4, 0.5) is 0 Å². The van der Waals surface area contributed by atoms with Crippen molar-refractivity contribution in [3.8, 4) is 5.75 Å². The van der Waals surface area contributed by atoms with Gasteiger partial charge < -0.3 is 9.84 Å². The lowest BCUT2D eigenvalue weighted by Gasteiger charge is -2.15. The number of fused-ring (bicyclic) bond motifs is 1. The smallest absolute Gasteiger partial charge is 0.147 e. The van der Waals surface area contributed by atoms with Crippen molar-refractivity contribution < 1.29 is 9.84 Å². The van der Waals surface area contributed by atoms with Crippen molar-refractivity contribution in [1.82, 2.24) is 0 Å². The molecule has 0 spiro atoms. The van der Waals surface area contributed by atoms with Gasteiger partial charge in [-0.15, -0.1) is 11.8 Å². The lowest BCUT2D eigenvalue weighted by molar-refractivity contribution is 0.279. The molecule has 2 aromatic carbocycles. The highest BCUT2D eigenvalue weighted by Gasteiger charge is 2.23. The first kappa shape index (κ1) is 15.4. The molecule has 0 aliphatic carbocycles. The van der Waals surface area contributed by atoms with E-state index in [0.717, 1.165) is 26.0 Å². The molecule has 1 atom stereocenters. The van der Waals surface area contributed by atoms with E-state index in [0.29, 0.717) is 12.5 Å². The van der Waals surface area contributed by atoms with Gasteiger partial charge >= 0.3 is 0 Å². The summed E-state index contributed by atoms with van der Waals surface area (Å²) in [4.78, 5) is 1.36. The van der Waals surface area contributed by atoms with Crippen molar-refractivity contribution in [2.24, 2.45) is 0 Å². The van der Waals surface area contributed by atoms with Crippen molar-refractivity contribution in [3.05, 3.63) is 56.5 Å². The summed E-state index contributed by atoms with van der Waals surface area (Å²) in [6, 6.07) is 12.3. The molecular formula is C16H14Br2O2S. The third kappa shape index (κ3) is 3.31. The molecule has 1 aliphatic heterocycles. The van der Waals surface area contributed by atoms with Crippen LogP contribution < -0.4 is 4.74 Å². The van der Waals surface area contributed by atoms with Crippen LogP contribution >= 0.6 is 43.6 Å². The van der Waals surface area contributed by atoms with E-state index in [4.69, 9.17) is 4.74 Å². The number of thioether (sulfide) groups is 1. The zero-order valence-electron chi connectivity index (χ0n) is 11.2. The normalized spacial score (nSPS) is 16.8. The van der Waals surface area contributed by atoms with Crippen molar-refractivity contribution >= 4 is 43.6 Å². The largest absolute Gasteiger partial charge is 0.491 e. The number of hydrogen-bond donors (Lipinski definition) is 1. The van der Waals surface area contributed by atoms with E-state index >= 15 is 0 Å². The maximum atomic E-state index is 9.20. The molecule has 3 rings (SSSR count). The fourth-order valence-corrected chi connectivity index (χ4v) is 5.14. The molecule has 0 bridgehead atoms. The van der Waals surface area contributed by atoms with Gasteiger partial charge in [0.25, 0.3) is 0 Å². The van der Waals surface area contributed by atoms with E-state index in [9.17, 15) is 5.11 Å². The molecule has 21 heavy (non-hydrogen) atoms. The number of halogens is 2. The van der Waals surface area contributed by atoms with Crippen molar-refractivity contribution in [2.75, 3.05) is 12.4 Å². The minimum atomic E-state index is 0.0180. The average molecular weight is 430 g/mol. The fraction of sp³-hybridized carbons (Fsp3) is 0.250. The van der Waals surface area contributed by atoms with Crippen LogP contribution in [0.15, 0.2) is 50.2 Å². The first-order valence-electron chi connectivity index (χ1n) is 6.62. The molecule has 110 valence electrons. The molecule has 0 saturated heterocycles. The summed E-state index contributed by atoms with van der Waals surface area (Å²) in [5.41, 5.74) is 2.23. The van der Waals surface area contributed by atoms with Gasteiger partial charge in [-0.05, 0) is 61.2 Å². The Kier molecular flexibility index (Phi) is 4.94. The summed E-state index contributed by atoms with van der Waals surface area (Å²) < 4.78 is 7.74. The van der Waals surface area contributed by atoms with Gasteiger partial charge in [0.1, 0.15) is 5.75 Å². The van der Waals surface area contributed by atoms with Crippen LogP contribution in [0.25, 0.3) is 0 Å². The molecule has 2 aromatic rings. The number of ether oxygens (including phenoxy) is 1. The Bertz CT molecular complexity index is 637. The van der Waals surface area contributed by atoms with Gasteiger partial charge in [-0.25, -0.2) is 0 Å². The Morgan fingerprint density at radius 2 is 1.90 bits per heavy atom. The summed E-state index contributed by atoms with van der Waals surface area (Å²) in [6.45, 7) is 0.670. The summed E-state index contributed by atoms with van der Waals surface area (Å²) in [6.07, 6.45) is 0. The molecule has 1 N–H and O–H groups in total. The van der Waals surface area contributed by atoms with E-state index in [2.05, 4.69) is 56.1 Å². The Balaban J connectivity index is 1.75. The quantitative estimate of drug-likeness (QED) is 0.743. The van der Waals surface area contributed by atoms with Crippen LogP contribution in [-0.2, 0) is 6.61 Å². The third-order valence-corrected chi connectivity index (χ3v) is 5.90. The maximum Gasteiger partial charge on any atom is 0.147 e. The molecule has 1 unspecified atom stereocenters. The molecule has 2 nitrogen and oxygen atoms in total. The van der Waals surface area contributed by atoms with E-state index in [1.54, 1.807) is 0 Å². The van der Waals surface area contributed by atoms with Gasteiger partial charge in [0.05, 0.1) is 22.2 Å². The minimum Gasteiger partial charge on any atom is -0.491 e. The molecular weight excluding hydrogens is 416 g/mol. The number of aliphatic hydroxyl groups excluding tert-OH is 1. The van der Waals surface area contributed by atoms with Crippen LogP contribution in [0.1, 0.15) is 17.0 Å². The number of hydrogen-bond acceptors (Lipinski definition) is 3. The molecule has 1 heterocycles. The Hall–Kier alpha value is -0.490. The monoisotopic (exact) mass is 428 g/mol. The molecule has 0 radical (unpaired) electrons. The summed E-state index contributed by atoms with van der Waals surface area (Å²) in [7, 11) is 0. The van der Waals surface area contributed by atoms with Crippen molar-refractivity contribution in [3.63, 3.8) is 0 Å². The predicted molar refractivity (Wildman–Crippen MR) is 93.2 cm³/mol.